The van der Waals surface area contributed by atoms with Crippen LogP contribution in [0.1, 0.15) is 89.1 Å². The Hall–Kier alpha value is -6.38. The van der Waals surface area contributed by atoms with Gasteiger partial charge in [-0.25, -0.2) is 19.6 Å². The summed E-state index contributed by atoms with van der Waals surface area (Å²) in [4.78, 5) is 70.0. The van der Waals surface area contributed by atoms with Crippen molar-refractivity contribution in [3.05, 3.63) is 78.0 Å². The van der Waals surface area contributed by atoms with Crippen molar-refractivity contribution in [2.75, 3.05) is 27.4 Å². The van der Waals surface area contributed by atoms with E-state index in [-0.39, 0.29) is 41.7 Å². The number of aromatic nitrogens is 4. The minimum atomic E-state index is -0.700. The van der Waals surface area contributed by atoms with Crippen LogP contribution in [-0.2, 0) is 25.5 Å². The largest absolute Gasteiger partial charge is 0.492 e. The van der Waals surface area contributed by atoms with Crippen molar-refractivity contribution in [3.8, 4) is 39.3 Å². The van der Waals surface area contributed by atoms with Gasteiger partial charge in [-0.15, -0.1) is 0 Å². The van der Waals surface area contributed by atoms with Crippen molar-refractivity contribution in [2.45, 2.75) is 96.3 Å². The number of hydrogen-bond acceptors (Lipinski definition) is 9. The molecule has 3 aliphatic rings. The minimum Gasteiger partial charge on any atom is -0.492 e. The fourth-order valence-corrected chi connectivity index (χ4v) is 9.16. The topological polar surface area (TPSA) is 193 Å². The Labute approximate surface area is 361 Å². The van der Waals surface area contributed by atoms with Gasteiger partial charge in [0, 0.05) is 36.2 Å². The highest BCUT2D eigenvalue weighted by Crippen LogP contribution is 2.41. The lowest BCUT2D eigenvalue weighted by molar-refractivity contribution is -0.135. The Balaban J connectivity index is 0.966. The molecule has 8 rings (SSSR count). The van der Waals surface area contributed by atoms with Gasteiger partial charge in [-0.3, -0.25) is 9.59 Å². The summed E-state index contributed by atoms with van der Waals surface area (Å²) in [6, 6.07) is 19.2. The molecule has 0 spiro atoms. The molecule has 5 atom stereocenters. The number of benzene rings is 3. The van der Waals surface area contributed by atoms with Crippen molar-refractivity contribution in [1.29, 1.82) is 0 Å². The molecule has 1 saturated carbocycles. The fourth-order valence-electron chi connectivity index (χ4n) is 9.16. The number of amides is 4. The first kappa shape index (κ1) is 42.3. The highest BCUT2D eigenvalue weighted by atomic mass is 16.5. The van der Waals surface area contributed by atoms with E-state index in [1.165, 1.54) is 14.2 Å². The molecule has 5 aromatic rings. The molecule has 2 aliphatic heterocycles. The molecule has 1 saturated heterocycles. The number of imidazole rings is 2. The summed E-state index contributed by atoms with van der Waals surface area (Å²) in [6.07, 6.45) is 3.70. The fraction of sp³-hybridized carbons (Fsp3) is 0.447. The summed E-state index contributed by atoms with van der Waals surface area (Å²) >= 11 is 0. The highest BCUT2D eigenvalue weighted by molar-refractivity contribution is 5.88. The molecule has 15 heteroatoms. The van der Waals surface area contributed by atoms with Gasteiger partial charge in [0.1, 0.15) is 29.5 Å². The molecule has 2 aromatic heterocycles. The van der Waals surface area contributed by atoms with Crippen LogP contribution in [0, 0.1) is 11.8 Å². The number of fused-ring (bicyclic) bond motifs is 4. The van der Waals surface area contributed by atoms with Crippen LogP contribution >= 0.6 is 0 Å². The maximum atomic E-state index is 13.8. The van der Waals surface area contributed by atoms with Crippen molar-refractivity contribution in [3.63, 3.8) is 0 Å². The maximum Gasteiger partial charge on any atom is 0.407 e. The van der Waals surface area contributed by atoms with Crippen LogP contribution in [0.25, 0.3) is 44.5 Å². The van der Waals surface area contributed by atoms with E-state index >= 15 is 0 Å². The molecule has 5 N–H and O–H groups in total. The molecule has 15 nitrogen and oxygen atoms in total. The van der Waals surface area contributed by atoms with Crippen LogP contribution in [0.3, 0.4) is 0 Å². The molecular weight excluding hydrogens is 789 g/mol. The Morgan fingerprint density at radius 2 is 1.42 bits per heavy atom. The Bertz CT molecular complexity index is 2460. The predicted molar refractivity (Wildman–Crippen MR) is 234 cm³/mol. The van der Waals surface area contributed by atoms with Gasteiger partial charge in [0.05, 0.1) is 43.6 Å². The van der Waals surface area contributed by atoms with E-state index in [0.29, 0.717) is 19.6 Å². The van der Waals surface area contributed by atoms with Crippen molar-refractivity contribution in [1.82, 2.24) is 40.8 Å². The maximum absolute atomic E-state index is 13.8. The third-order valence-electron chi connectivity index (χ3n) is 12.5. The van der Waals surface area contributed by atoms with E-state index in [2.05, 4.69) is 80.5 Å². The number of rotatable bonds is 11. The van der Waals surface area contributed by atoms with Gasteiger partial charge >= 0.3 is 12.2 Å². The molecule has 4 heterocycles. The zero-order valence-corrected chi connectivity index (χ0v) is 36.2. The Morgan fingerprint density at radius 1 is 0.758 bits per heavy atom. The second kappa shape index (κ2) is 17.9. The molecule has 0 bridgehead atoms. The summed E-state index contributed by atoms with van der Waals surface area (Å²) in [6.45, 7) is 8.67. The van der Waals surface area contributed by atoms with Gasteiger partial charge in [-0.2, -0.15) is 0 Å². The summed E-state index contributed by atoms with van der Waals surface area (Å²) < 4.78 is 15.8. The highest BCUT2D eigenvalue weighted by Gasteiger charge is 2.39. The van der Waals surface area contributed by atoms with E-state index in [9.17, 15) is 19.2 Å². The molecule has 4 amide bonds. The summed E-state index contributed by atoms with van der Waals surface area (Å²) in [5.41, 5.74) is 8.69. The summed E-state index contributed by atoms with van der Waals surface area (Å²) in [5.74, 6) is 1.80. The standard InChI is InChI=1S/C47H56N8O7/c1-25(2)39(53-46(58)60-5)44(56)51-33-10-7-9-31(33)42-48-34-19-17-29(23-36(34)50-42)27-12-14-28(15-13-27)30-16-18-32-38(24-30)62-22-20-35-41(32)52-43(49-35)37-11-8-21-55(37)45(57)40(26(3)4)54-47(59)61-6/h12-19,23-26,31,33,37,39-40H,7-11,20-22H2,1-6H3,(H,48,50)(H,49,52)(H,51,56)(H,53,58)(H,54,59)/t31-,33-,37-,39-,40-/m0/s1. The number of methoxy groups -OCH3 is 2. The van der Waals surface area contributed by atoms with Crippen LogP contribution in [0.15, 0.2) is 60.7 Å². The second-order valence-electron chi connectivity index (χ2n) is 17.2. The zero-order chi connectivity index (χ0) is 43.7. The Morgan fingerprint density at radius 3 is 2.11 bits per heavy atom. The lowest BCUT2D eigenvalue weighted by Gasteiger charge is -2.30. The first-order valence-electron chi connectivity index (χ1n) is 21.7. The molecule has 1 aliphatic carbocycles. The van der Waals surface area contributed by atoms with Gasteiger partial charge in [0.2, 0.25) is 11.8 Å². The molecule has 3 aromatic carbocycles. The van der Waals surface area contributed by atoms with E-state index < -0.39 is 24.3 Å². The summed E-state index contributed by atoms with van der Waals surface area (Å²) in [7, 11) is 2.58. The smallest absolute Gasteiger partial charge is 0.407 e. The van der Waals surface area contributed by atoms with E-state index in [4.69, 9.17) is 24.2 Å². The number of likely N-dealkylation sites (tertiary alicyclic amines) is 1. The first-order chi connectivity index (χ1) is 29.9. The number of H-pyrrole nitrogens is 2. The van der Waals surface area contributed by atoms with Gasteiger partial charge in [-0.1, -0.05) is 70.5 Å². The SMILES string of the molecule is COC(=O)N[C@H](C(=O)N[C@H]1CCC[C@@H]1c1nc2ccc(-c3ccc(-c4ccc5c(c4)OCCc4[nH]c([C@@H]6CCCN6C(=O)[C@@H](NC(=O)OC)C(C)C)nc4-5)cc3)cc2[nH]1)C(C)C. The number of ether oxygens (including phenoxy) is 3. The van der Waals surface area contributed by atoms with E-state index in [1.807, 2.05) is 38.7 Å². The number of aromatic amines is 2. The predicted octanol–water partition coefficient (Wildman–Crippen LogP) is 7.40. The number of carbonyl (C=O) groups excluding carboxylic acids is 4. The number of carbonyl (C=O) groups is 4. The number of nitrogens with one attached hydrogen (secondary N) is 5. The number of nitrogens with zero attached hydrogens (tertiary/aromatic N) is 3. The lowest BCUT2D eigenvalue weighted by atomic mass is 9.98. The quantitative estimate of drug-likeness (QED) is 0.0901. The van der Waals surface area contributed by atoms with Crippen molar-refractivity contribution in [2.24, 2.45) is 11.8 Å². The molecular formula is C47H56N8O7. The van der Waals surface area contributed by atoms with Crippen LogP contribution in [0.5, 0.6) is 5.75 Å². The normalized spacial score (nSPS) is 19.3. The van der Waals surface area contributed by atoms with Gasteiger partial charge < -0.3 is 45.0 Å². The molecule has 2 fully saturated rings. The monoisotopic (exact) mass is 844 g/mol. The van der Waals surface area contributed by atoms with E-state index in [1.54, 1.807) is 0 Å². The van der Waals surface area contributed by atoms with Gasteiger partial charge in [0.25, 0.3) is 0 Å². The van der Waals surface area contributed by atoms with E-state index in [0.717, 1.165) is 99.7 Å². The zero-order valence-electron chi connectivity index (χ0n) is 36.2. The number of alkyl carbamates (subject to hydrolysis) is 2. The third kappa shape index (κ3) is 8.57. The summed E-state index contributed by atoms with van der Waals surface area (Å²) in [5, 5.41) is 8.57. The molecule has 0 unspecified atom stereocenters. The average Bonchev–Trinajstić information content (AvgIpc) is 4.09. The molecule has 0 radical (unpaired) electrons. The molecule has 326 valence electrons. The third-order valence-corrected chi connectivity index (χ3v) is 12.5. The average molecular weight is 845 g/mol. The van der Waals surface area contributed by atoms with Crippen molar-refractivity contribution < 1.29 is 33.4 Å². The van der Waals surface area contributed by atoms with Crippen LogP contribution < -0.4 is 20.7 Å². The van der Waals surface area contributed by atoms with Gasteiger partial charge in [-0.05, 0) is 84.0 Å². The first-order valence-corrected chi connectivity index (χ1v) is 21.7. The molecule has 62 heavy (non-hydrogen) atoms. The van der Waals surface area contributed by atoms with Crippen LogP contribution in [0.2, 0.25) is 0 Å². The van der Waals surface area contributed by atoms with Gasteiger partial charge in [0.15, 0.2) is 0 Å². The van der Waals surface area contributed by atoms with Crippen LogP contribution in [0.4, 0.5) is 9.59 Å². The second-order valence-corrected chi connectivity index (χ2v) is 17.2. The Kier molecular flexibility index (Phi) is 12.2. The minimum absolute atomic E-state index is 0.0285. The lowest BCUT2D eigenvalue weighted by Crippen LogP contribution is -2.52. The van der Waals surface area contributed by atoms with Crippen molar-refractivity contribution >= 4 is 35.0 Å². The van der Waals surface area contributed by atoms with Crippen LogP contribution in [-0.4, -0.2) is 94.3 Å². The number of hydrogen-bond donors (Lipinski definition) is 5.